The zero-order chi connectivity index (χ0) is 15.0. The zero-order valence-electron chi connectivity index (χ0n) is 12.2. The lowest BCUT2D eigenvalue weighted by Gasteiger charge is -2.55. The van der Waals surface area contributed by atoms with E-state index in [0.717, 1.165) is 6.42 Å². The highest BCUT2D eigenvalue weighted by molar-refractivity contribution is 9.09. The van der Waals surface area contributed by atoms with Crippen molar-refractivity contribution in [3.63, 3.8) is 0 Å². The molecule has 114 valence electrons. The molecule has 21 heavy (non-hydrogen) atoms. The van der Waals surface area contributed by atoms with Gasteiger partial charge in [-0.1, -0.05) is 41.3 Å². The van der Waals surface area contributed by atoms with E-state index in [1.807, 2.05) is 6.07 Å². The summed E-state index contributed by atoms with van der Waals surface area (Å²) in [7, 11) is 0. The predicted molar refractivity (Wildman–Crippen MR) is 85.1 cm³/mol. The summed E-state index contributed by atoms with van der Waals surface area (Å²) in [6.45, 7) is 1.77. The fourth-order valence-electron chi connectivity index (χ4n) is 3.79. The number of hydrogen-bond donors (Lipinski definition) is 0. The van der Waals surface area contributed by atoms with Gasteiger partial charge < -0.3 is 4.74 Å². The molecular weight excluding hydrogens is 334 g/mol. The smallest absolute Gasteiger partial charge is 0.276 e. The molecule has 2 saturated carbocycles. The Morgan fingerprint density at radius 2 is 2.05 bits per heavy atom. The van der Waals surface area contributed by atoms with Crippen LogP contribution in [0.2, 0.25) is 0 Å². The molecule has 2 unspecified atom stereocenters. The summed E-state index contributed by atoms with van der Waals surface area (Å²) in [5.74, 6) is 0.665. The highest BCUT2D eigenvalue weighted by Crippen LogP contribution is 2.56. The molecule has 0 N–H and O–H groups in total. The largest absolute Gasteiger partial charge is 0.489 e. The van der Waals surface area contributed by atoms with Crippen LogP contribution < -0.4 is 4.74 Å². The third-order valence-electron chi connectivity index (χ3n) is 5.19. The van der Waals surface area contributed by atoms with Crippen molar-refractivity contribution < 1.29 is 9.66 Å². The van der Waals surface area contributed by atoms with Crippen molar-refractivity contribution in [2.75, 3.05) is 0 Å². The van der Waals surface area contributed by atoms with Crippen LogP contribution in [-0.2, 0) is 0 Å². The van der Waals surface area contributed by atoms with Gasteiger partial charge in [0.2, 0.25) is 0 Å². The summed E-state index contributed by atoms with van der Waals surface area (Å²) < 4.78 is 6.20. The number of hydrogen-bond acceptors (Lipinski definition) is 3. The molecular formula is C16H20BrNO3. The van der Waals surface area contributed by atoms with Crippen LogP contribution >= 0.6 is 15.9 Å². The molecule has 0 aromatic heterocycles. The number of alkyl halides is 1. The Morgan fingerprint density at radius 3 is 2.67 bits per heavy atom. The Kier molecular flexibility index (Phi) is 3.95. The summed E-state index contributed by atoms with van der Waals surface area (Å²) in [5, 5.41) is 11.0. The van der Waals surface area contributed by atoms with Crippen molar-refractivity contribution in [1.82, 2.24) is 0 Å². The molecule has 0 saturated heterocycles. The maximum absolute atomic E-state index is 11.0. The normalized spacial score (nSPS) is 27.1. The standard InChI is InChI=1S/C16H20BrNO3/c1-11-12(18(19)20)6-5-7-13(11)21-15-10-14(17)16(15)8-3-2-4-9-16/h5-7,14-15H,2-4,8-10H2,1H3. The Bertz CT molecular complexity index is 554. The Labute approximate surface area is 133 Å². The summed E-state index contributed by atoms with van der Waals surface area (Å²) in [6, 6.07) is 5.09. The van der Waals surface area contributed by atoms with Gasteiger partial charge >= 0.3 is 0 Å². The van der Waals surface area contributed by atoms with E-state index in [-0.39, 0.29) is 22.1 Å². The molecule has 0 aliphatic heterocycles. The van der Waals surface area contributed by atoms with E-state index >= 15 is 0 Å². The number of rotatable bonds is 3. The van der Waals surface area contributed by atoms with Gasteiger partial charge in [0.15, 0.2) is 0 Å². The molecule has 0 amide bonds. The molecule has 1 spiro atoms. The second-order valence-corrected chi connectivity index (χ2v) is 7.37. The minimum absolute atomic E-state index is 0.139. The lowest BCUT2D eigenvalue weighted by Crippen LogP contribution is -2.57. The Balaban J connectivity index is 1.81. The van der Waals surface area contributed by atoms with Gasteiger partial charge in [-0.05, 0) is 32.3 Å². The first-order valence-corrected chi connectivity index (χ1v) is 8.51. The number of nitro benzene ring substituents is 1. The third kappa shape index (κ3) is 2.45. The zero-order valence-corrected chi connectivity index (χ0v) is 13.8. The second-order valence-electron chi connectivity index (χ2n) is 6.26. The number of ether oxygens (including phenoxy) is 1. The first-order chi connectivity index (χ1) is 10.0. The van der Waals surface area contributed by atoms with Crippen LogP contribution in [-0.4, -0.2) is 15.9 Å². The van der Waals surface area contributed by atoms with E-state index in [1.54, 1.807) is 13.0 Å². The SMILES string of the molecule is Cc1c(OC2CC(Br)C23CCCCC3)cccc1[N+](=O)[O-]. The van der Waals surface area contributed by atoms with Crippen molar-refractivity contribution in [3.05, 3.63) is 33.9 Å². The first-order valence-electron chi connectivity index (χ1n) is 7.59. The fourth-order valence-corrected chi connectivity index (χ4v) is 4.88. The Hall–Kier alpha value is -1.10. The Morgan fingerprint density at radius 1 is 1.33 bits per heavy atom. The molecule has 2 fully saturated rings. The van der Waals surface area contributed by atoms with Crippen LogP contribution in [0.25, 0.3) is 0 Å². The topological polar surface area (TPSA) is 52.4 Å². The van der Waals surface area contributed by atoms with Crippen molar-refractivity contribution in [3.8, 4) is 5.75 Å². The lowest BCUT2D eigenvalue weighted by molar-refractivity contribution is -0.385. The van der Waals surface area contributed by atoms with Crippen molar-refractivity contribution >= 4 is 21.6 Å². The predicted octanol–water partition coefficient (Wildman–Crippen LogP) is 4.77. The van der Waals surface area contributed by atoms with E-state index in [9.17, 15) is 10.1 Å². The summed E-state index contributed by atoms with van der Waals surface area (Å²) in [6.07, 6.45) is 7.39. The molecule has 0 heterocycles. The maximum Gasteiger partial charge on any atom is 0.276 e. The first kappa shape index (κ1) is 14.8. The van der Waals surface area contributed by atoms with E-state index < -0.39 is 0 Å². The van der Waals surface area contributed by atoms with Crippen molar-refractivity contribution in [2.24, 2.45) is 5.41 Å². The molecule has 4 nitrogen and oxygen atoms in total. The number of nitro groups is 1. The fraction of sp³-hybridized carbons (Fsp3) is 0.625. The van der Waals surface area contributed by atoms with Gasteiger partial charge in [-0.25, -0.2) is 0 Å². The van der Waals surface area contributed by atoms with Crippen molar-refractivity contribution in [1.29, 1.82) is 0 Å². The molecule has 1 aromatic carbocycles. The molecule has 2 aliphatic rings. The molecule has 2 atom stereocenters. The molecule has 1 aromatic rings. The van der Waals surface area contributed by atoms with Gasteiger partial charge in [-0.15, -0.1) is 0 Å². The maximum atomic E-state index is 11.0. The minimum Gasteiger partial charge on any atom is -0.489 e. The van der Waals surface area contributed by atoms with Crippen LogP contribution in [0.3, 0.4) is 0 Å². The highest BCUT2D eigenvalue weighted by Gasteiger charge is 2.55. The van der Waals surface area contributed by atoms with Crippen LogP contribution in [0.5, 0.6) is 5.75 Å². The number of halogens is 1. The lowest BCUT2D eigenvalue weighted by atomic mass is 9.58. The van der Waals surface area contributed by atoms with Crippen molar-refractivity contribution in [2.45, 2.75) is 56.4 Å². The molecule has 0 bridgehead atoms. The third-order valence-corrected chi connectivity index (χ3v) is 6.48. The van der Waals surface area contributed by atoms with Crippen LogP contribution in [0.1, 0.15) is 44.1 Å². The monoisotopic (exact) mass is 353 g/mol. The molecule has 3 rings (SSSR count). The van der Waals surface area contributed by atoms with Gasteiger partial charge in [0, 0.05) is 16.3 Å². The highest BCUT2D eigenvalue weighted by atomic mass is 79.9. The molecule has 0 radical (unpaired) electrons. The summed E-state index contributed by atoms with van der Waals surface area (Å²) >= 11 is 3.80. The van der Waals surface area contributed by atoms with Gasteiger partial charge in [0.1, 0.15) is 11.9 Å². The number of nitrogens with zero attached hydrogens (tertiary/aromatic N) is 1. The average molecular weight is 354 g/mol. The van der Waals surface area contributed by atoms with Crippen LogP contribution in [0.15, 0.2) is 18.2 Å². The quantitative estimate of drug-likeness (QED) is 0.446. The molecule has 5 heteroatoms. The number of benzene rings is 1. The van der Waals surface area contributed by atoms with E-state index in [0.29, 0.717) is 16.1 Å². The van der Waals surface area contributed by atoms with Crippen LogP contribution in [0, 0.1) is 22.5 Å². The van der Waals surface area contributed by atoms with E-state index in [1.165, 1.54) is 38.2 Å². The summed E-state index contributed by atoms with van der Waals surface area (Å²) in [4.78, 5) is 11.2. The average Bonchev–Trinajstić information content (AvgIpc) is 2.49. The minimum atomic E-state index is -0.341. The van der Waals surface area contributed by atoms with E-state index in [2.05, 4.69) is 15.9 Å². The van der Waals surface area contributed by atoms with Gasteiger partial charge in [-0.2, -0.15) is 0 Å². The summed E-state index contributed by atoms with van der Waals surface area (Å²) in [5.41, 5.74) is 1.00. The second kappa shape index (κ2) is 5.59. The van der Waals surface area contributed by atoms with Crippen LogP contribution in [0.4, 0.5) is 5.69 Å². The van der Waals surface area contributed by atoms with Gasteiger partial charge in [0.25, 0.3) is 5.69 Å². The van der Waals surface area contributed by atoms with Gasteiger partial charge in [0.05, 0.1) is 10.5 Å². The van der Waals surface area contributed by atoms with Gasteiger partial charge in [-0.3, -0.25) is 10.1 Å². The molecule has 2 aliphatic carbocycles. The van der Waals surface area contributed by atoms with E-state index in [4.69, 9.17) is 4.74 Å².